The monoisotopic (exact) mass is 378 g/mol. The van der Waals surface area contributed by atoms with Crippen LogP contribution in [0.15, 0.2) is 42.6 Å². The lowest BCUT2D eigenvalue weighted by Gasteiger charge is -2.40. The van der Waals surface area contributed by atoms with E-state index in [-0.39, 0.29) is 6.04 Å². The van der Waals surface area contributed by atoms with Gasteiger partial charge in [-0.2, -0.15) is 11.8 Å². The fourth-order valence-corrected chi connectivity index (χ4v) is 6.37. The maximum atomic E-state index is 6.72. The number of hydrogen-bond donors (Lipinski definition) is 1. The third-order valence-corrected chi connectivity index (χ3v) is 8.40. The van der Waals surface area contributed by atoms with Crippen LogP contribution in [0.4, 0.5) is 0 Å². The molecular formula is C24H30N2S. The van der Waals surface area contributed by atoms with Crippen LogP contribution in [0.25, 0.3) is 0 Å². The van der Waals surface area contributed by atoms with Gasteiger partial charge in [-0.05, 0) is 90.7 Å². The predicted molar refractivity (Wildman–Crippen MR) is 114 cm³/mol. The van der Waals surface area contributed by atoms with Crippen molar-refractivity contribution in [1.29, 1.82) is 0 Å². The summed E-state index contributed by atoms with van der Waals surface area (Å²) in [6.45, 7) is 0. The van der Waals surface area contributed by atoms with Crippen molar-refractivity contribution in [2.45, 2.75) is 62.7 Å². The van der Waals surface area contributed by atoms with Gasteiger partial charge in [0.15, 0.2) is 0 Å². The van der Waals surface area contributed by atoms with Crippen molar-refractivity contribution < 1.29 is 0 Å². The largest absolute Gasteiger partial charge is 0.323 e. The molecule has 3 aliphatic rings. The number of rotatable bonds is 5. The van der Waals surface area contributed by atoms with Crippen LogP contribution in [0, 0.1) is 11.3 Å². The molecule has 2 N–H and O–H groups in total. The number of fused-ring (bicyclic) bond motifs is 1. The van der Waals surface area contributed by atoms with Crippen LogP contribution in [0.5, 0.6) is 0 Å². The summed E-state index contributed by atoms with van der Waals surface area (Å²) in [6.07, 6.45) is 11.2. The first-order chi connectivity index (χ1) is 13.2. The number of pyridine rings is 1. The summed E-state index contributed by atoms with van der Waals surface area (Å²) in [6, 6.07) is 13.6. The summed E-state index contributed by atoms with van der Waals surface area (Å²) in [4.78, 5) is 4.76. The number of thioether (sulfide) groups is 1. The van der Waals surface area contributed by atoms with Crippen molar-refractivity contribution in [3.63, 3.8) is 0 Å². The lowest BCUT2D eigenvalue weighted by atomic mass is 9.66. The Balaban J connectivity index is 1.19. The molecule has 1 atom stereocenters. The van der Waals surface area contributed by atoms with Gasteiger partial charge in [-0.3, -0.25) is 4.98 Å². The van der Waals surface area contributed by atoms with Gasteiger partial charge in [0, 0.05) is 18.0 Å². The molecule has 3 aliphatic carbocycles. The molecule has 27 heavy (non-hydrogen) atoms. The topological polar surface area (TPSA) is 38.9 Å². The Morgan fingerprint density at radius 3 is 2.56 bits per heavy atom. The van der Waals surface area contributed by atoms with Crippen molar-refractivity contribution in [1.82, 2.24) is 4.98 Å². The average molecular weight is 379 g/mol. The van der Waals surface area contributed by atoms with E-state index in [0.29, 0.717) is 11.3 Å². The van der Waals surface area contributed by atoms with E-state index in [0.717, 1.165) is 11.7 Å². The second-order valence-electron chi connectivity index (χ2n) is 9.03. The molecule has 0 bridgehead atoms. The van der Waals surface area contributed by atoms with E-state index in [9.17, 15) is 0 Å². The molecule has 0 radical (unpaired) electrons. The van der Waals surface area contributed by atoms with Crippen LogP contribution in [0.2, 0.25) is 0 Å². The number of nitrogens with two attached hydrogens (primary N) is 1. The Kier molecular flexibility index (Phi) is 4.77. The zero-order valence-corrected chi connectivity index (χ0v) is 16.9. The fraction of sp³-hybridized carbons (Fsp3) is 0.542. The zero-order chi connectivity index (χ0) is 18.3. The molecule has 0 amide bonds. The van der Waals surface area contributed by atoms with E-state index in [2.05, 4.69) is 42.6 Å². The number of hydrogen-bond acceptors (Lipinski definition) is 3. The quantitative estimate of drug-likeness (QED) is 0.733. The minimum Gasteiger partial charge on any atom is -0.323 e. The molecule has 5 rings (SSSR count). The molecule has 3 heteroatoms. The first kappa shape index (κ1) is 17.8. The van der Waals surface area contributed by atoms with Crippen LogP contribution < -0.4 is 5.73 Å². The molecule has 0 saturated heterocycles. The van der Waals surface area contributed by atoms with Crippen molar-refractivity contribution >= 4 is 11.8 Å². The van der Waals surface area contributed by atoms with Gasteiger partial charge >= 0.3 is 0 Å². The standard InChI is InChI=1S/C24H30N2S/c25-23-22-4-2-1-3-19(22)13-24(23)11-9-18(10-12-24)20-7-8-21(26-14-20)16-27-15-17-5-6-17/h1-4,7-8,14,17-18,23H,5-6,9-13,15-16,25H2/t18-,23-,24+/m1/s1. The van der Waals surface area contributed by atoms with E-state index in [1.54, 1.807) is 0 Å². The van der Waals surface area contributed by atoms with Gasteiger partial charge in [0.2, 0.25) is 0 Å². The molecule has 1 aromatic heterocycles. The highest BCUT2D eigenvalue weighted by Gasteiger charge is 2.46. The smallest absolute Gasteiger partial charge is 0.0502 e. The Morgan fingerprint density at radius 1 is 1.04 bits per heavy atom. The zero-order valence-electron chi connectivity index (χ0n) is 16.1. The SMILES string of the molecule is N[C@@H]1c2ccccc2C[C@]12CC[C@H](c1ccc(CSCC3CC3)nc1)CC2. The molecule has 1 spiro atoms. The first-order valence-corrected chi connectivity index (χ1v) is 11.7. The highest BCUT2D eigenvalue weighted by molar-refractivity contribution is 7.98. The lowest BCUT2D eigenvalue weighted by molar-refractivity contribution is 0.149. The van der Waals surface area contributed by atoms with Gasteiger partial charge in [-0.25, -0.2) is 0 Å². The minimum absolute atomic E-state index is 0.221. The summed E-state index contributed by atoms with van der Waals surface area (Å²) in [5, 5.41) is 0. The Labute approximate surface area is 167 Å². The third kappa shape index (κ3) is 3.56. The van der Waals surface area contributed by atoms with Gasteiger partial charge in [0.05, 0.1) is 5.69 Å². The van der Waals surface area contributed by atoms with E-state index in [1.807, 2.05) is 11.8 Å². The van der Waals surface area contributed by atoms with E-state index in [1.165, 1.54) is 73.1 Å². The molecule has 0 aliphatic heterocycles. The maximum Gasteiger partial charge on any atom is 0.0502 e. The highest BCUT2D eigenvalue weighted by Crippen LogP contribution is 2.55. The Hall–Kier alpha value is -1.32. The van der Waals surface area contributed by atoms with Gasteiger partial charge in [-0.15, -0.1) is 0 Å². The van der Waals surface area contributed by atoms with Crippen LogP contribution in [0.3, 0.4) is 0 Å². The minimum atomic E-state index is 0.221. The number of nitrogens with zero attached hydrogens (tertiary/aromatic N) is 1. The Morgan fingerprint density at radius 2 is 1.85 bits per heavy atom. The van der Waals surface area contributed by atoms with Gasteiger partial charge in [0.1, 0.15) is 0 Å². The second-order valence-corrected chi connectivity index (χ2v) is 10.1. The van der Waals surface area contributed by atoms with E-state index < -0.39 is 0 Å². The lowest BCUT2D eigenvalue weighted by Crippen LogP contribution is -2.35. The molecular weight excluding hydrogens is 348 g/mol. The highest BCUT2D eigenvalue weighted by atomic mass is 32.2. The van der Waals surface area contributed by atoms with Crippen LogP contribution in [-0.4, -0.2) is 10.7 Å². The summed E-state index contributed by atoms with van der Waals surface area (Å²) in [5.74, 6) is 4.04. The Bertz CT molecular complexity index is 788. The van der Waals surface area contributed by atoms with Crippen LogP contribution in [0.1, 0.15) is 72.9 Å². The molecule has 142 valence electrons. The summed E-state index contributed by atoms with van der Waals surface area (Å²) >= 11 is 2.05. The van der Waals surface area contributed by atoms with E-state index >= 15 is 0 Å². The molecule has 2 aromatic rings. The van der Waals surface area contributed by atoms with Gasteiger partial charge < -0.3 is 5.73 Å². The molecule has 1 aromatic carbocycles. The van der Waals surface area contributed by atoms with E-state index in [4.69, 9.17) is 10.7 Å². The normalized spacial score (nSPS) is 29.8. The van der Waals surface area contributed by atoms with Crippen molar-refractivity contribution in [3.05, 3.63) is 65.0 Å². The molecule has 2 saturated carbocycles. The average Bonchev–Trinajstić information content (AvgIpc) is 3.49. The van der Waals surface area contributed by atoms with Crippen LogP contribution >= 0.6 is 11.8 Å². The second kappa shape index (κ2) is 7.25. The third-order valence-electron chi connectivity index (χ3n) is 7.19. The molecule has 1 heterocycles. The van der Waals surface area contributed by atoms with Crippen molar-refractivity contribution in [2.75, 3.05) is 5.75 Å². The fourth-order valence-electron chi connectivity index (χ4n) is 5.21. The van der Waals surface area contributed by atoms with Crippen molar-refractivity contribution in [3.8, 4) is 0 Å². The summed E-state index contributed by atoms with van der Waals surface area (Å²) in [7, 11) is 0. The predicted octanol–water partition coefficient (Wildman–Crippen LogP) is 5.62. The maximum absolute atomic E-state index is 6.72. The van der Waals surface area contributed by atoms with Gasteiger partial charge in [-0.1, -0.05) is 30.3 Å². The van der Waals surface area contributed by atoms with Crippen molar-refractivity contribution in [2.24, 2.45) is 17.1 Å². The number of aromatic nitrogens is 1. The summed E-state index contributed by atoms with van der Waals surface area (Å²) in [5.41, 5.74) is 12.6. The number of benzene rings is 1. The van der Waals surface area contributed by atoms with Gasteiger partial charge in [0.25, 0.3) is 0 Å². The molecule has 2 nitrogen and oxygen atoms in total. The summed E-state index contributed by atoms with van der Waals surface area (Å²) < 4.78 is 0. The molecule has 2 fully saturated rings. The first-order valence-electron chi connectivity index (χ1n) is 10.6. The molecule has 0 unspecified atom stereocenters. The van der Waals surface area contributed by atoms with Crippen LogP contribution in [-0.2, 0) is 12.2 Å².